The van der Waals surface area contributed by atoms with Gasteiger partial charge in [-0.2, -0.15) is 0 Å². The Hall–Kier alpha value is -1.50. The molecule has 4 N–H and O–H groups in total. The first-order valence-electron chi connectivity index (χ1n) is 5.86. The number of nitrogens with zero attached hydrogens (tertiary/aromatic N) is 2. The highest BCUT2D eigenvalue weighted by atomic mass is 16.3. The average molecular weight is 252 g/mol. The molecule has 0 fully saturated rings. The molecule has 6 heteroatoms. The molecule has 0 bridgehead atoms. The highest BCUT2D eigenvalue weighted by Gasteiger charge is 2.08. The quantitative estimate of drug-likeness (QED) is 0.373. The van der Waals surface area contributed by atoms with Gasteiger partial charge in [-0.05, 0) is 32.5 Å². The molecule has 18 heavy (non-hydrogen) atoms. The minimum absolute atomic E-state index is 0.305. The molecule has 1 aromatic heterocycles. The van der Waals surface area contributed by atoms with Crippen molar-refractivity contribution >= 4 is 5.91 Å². The van der Waals surface area contributed by atoms with Crippen LogP contribution in [0.2, 0.25) is 0 Å². The summed E-state index contributed by atoms with van der Waals surface area (Å²) >= 11 is 0. The van der Waals surface area contributed by atoms with Gasteiger partial charge in [0.15, 0.2) is 0 Å². The number of aliphatic hydroxyl groups is 1. The van der Waals surface area contributed by atoms with Crippen LogP contribution in [0.3, 0.4) is 0 Å². The van der Waals surface area contributed by atoms with E-state index in [-0.39, 0.29) is 6.10 Å². The molecule has 100 valence electrons. The van der Waals surface area contributed by atoms with Crippen molar-refractivity contribution in [1.82, 2.24) is 15.3 Å². The van der Waals surface area contributed by atoms with Gasteiger partial charge >= 0.3 is 0 Å². The Labute approximate surface area is 107 Å². The number of nitrogens with two attached hydrogens (primary N) is 1. The summed E-state index contributed by atoms with van der Waals surface area (Å²) in [5.74, 6) is 4.66. The molecular formula is C12H20N4O2. The van der Waals surface area contributed by atoms with E-state index in [2.05, 4.69) is 10.4 Å². The Morgan fingerprint density at radius 2 is 2.33 bits per heavy atom. The van der Waals surface area contributed by atoms with Crippen LogP contribution in [0.4, 0.5) is 0 Å². The fraction of sp³-hybridized carbons (Fsp3) is 0.500. The third kappa shape index (κ3) is 4.79. The monoisotopic (exact) mass is 252 g/mol. The first-order chi connectivity index (χ1) is 8.52. The Kier molecular flexibility index (Phi) is 5.70. The van der Waals surface area contributed by atoms with Crippen molar-refractivity contribution in [3.63, 3.8) is 0 Å². The van der Waals surface area contributed by atoms with E-state index in [1.54, 1.807) is 19.1 Å². The molecule has 0 aliphatic rings. The zero-order valence-electron chi connectivity index (χ0n) is 10.8. The van der Waals surface area contributed by atoms with Crippen LogP contribution in [-0.4, -0.2) is 40.6 Å². The van der Waals surface area contributed by atoms with E-state index in [1.165, 1.54) is 0 Å². The minimum Gasteiger partial charge on any atom is -0.393 e. The second-order valence-electron chi connectivity index (χ2n) is 4.36. The lowest BCUT2D eigenvalue weighted by molar-refractivity contribution is 0.0948. The van der Waals surface area contributed by atoms with Gasteiger partial charge in [-0.15, -0.1) is 0 Å². The molecule has 1 heterocycles. The van der Waals surface area contributed by atoms with Crippen molar-refractivity contribution in [3.8, 4) is 0 Å². The average Bonchev–Trinajstić information content (AvgIpc) is 2.35. The second-order valence-corrected chi connectivity index (χ2v) is 4.36. The van der Waals surface area contributed by atoms with Gasteiger partial charge in [0.1, 0.15) is 5.69 Å². The summed E-state index contributed by atoms with van der Waals surface area (Å²) in [6.07, 6.45) is 0.397. The van der Waals surface area contributed by atoms with Gasteiger partial charge in [-0.1, -0.05) is 6.07 Å². The largest absolute Gasteiger partial charge is 0.393 e. The maximum atomic E-state index is 11.3. The summed E-state index contributed by atoms with van der Waals surface area (Å²) in [5.41, 5.74) is 3.15. The van der Waals surface area contributed by atoms with E-state index < -0.39 is 5.91 Å². The predicted octanol–water partition coefficient (Wildman–Crippen LogP) is -0.112. The fourth-order valence-corrected chi connectivity index (χ4v) is 1.53. The number of nitrogens with one attached hydrogen (secondary N) is 1. The Balaban J connectivity index is 2.59. The number of hydrogen-bond acceptors (Lipinski definition) is 5. The number of pyridine rings is 1. The number of hydrazine groups is 1. The van der Waals surface area contributed by atoms with Crippen LogP contribution >= 0.6 is 0 Å². The molecule has 0 aliphatic heterocycles. The topological polar surface area (TPSA) is 91.5 Å². The van der Waals surface area contributed by atoms with Gasteiger partial charge in [-0.3, -0.25) is 10.2 Å². The summed E-state index contributed by atoms with van der Waals surface area (Å²) < 4.78 is 0. The first kappa shape index (κ1) is 14.6. The second kappa shape index (κ2) is 7.05. The smallest absolute Gasteiger partial charge is 0.283 e. The molecule has 1 amide bonds. The summed E-state index contributed by atoms with van der Waals surface area (Å²) in [4.78, 5) is 17.6. The SMILES string of the molecule is CC(O)CCN(C)Cc1cccc(C(=O)NN)n1. The molecule has 0 radical (unpaired) electrons. The van der Waals surface area contributed by atoms with Crippen LogP contribution in [0, 0.1) is 0 Å². The maximum Gasteiger partial charge on any atom is 0.283 e. The molecule has 6 nitrogen and oxygen atoms in total. The molecule has 0 aromatic carbocycles. The van der Waals surface area contributed by atoms with Crippen LogP contribution < -0.4 is 11.3 Å². The Morgan fingerprint density at radius 1 is 1.61 bits per heavy atom. The van der Waals surface area contributed by atoms with Crippen LogP contribution in [0.1, 0.15) is 29.5 Å². The van der Waals surface area contributed by atoms with Crippen LogP contribution in [0.25, 0.3) is 0 Å². The lowest BCUT2D eigenvalue weighted by Crippen LogP contribution is -2.31. The van der Waals surface area contributed by atoms with Gasteiger partial charge in [0, 0.05) is 13.1 Å². The number of rotatable bonds is 6. The Morgan fingerprint density at radius 3 is 2.94 bits per heavy atom. The van der Waals surface area contributed by atoms with Crippen LogP contribution in [0.15, 0.2) is 18.2 Å². The molecule has 1 unspecified atom stereocenters. The van der Waals surface area contributed by atoms with E-state index in [9.17, 15) is 9.90 Å². The molecule has 1 atom stereocenters. The van der Waals surface area contributed by atoms with Crippen molar-refractivity contribution in [3.05, 3.63) is 29.6 Å². The van der Waals surface area contributed by atoms with Gasteiger partial charge in [0.2, 0.25) is 0 Å². The van der Waals surface area contributed by atoms with E-state index in [4.69, 9.17) is 5.84 Å². The van der Waals surface area contributed by atoms with E-state index in [1.807, 2.05) is 18.0 Å². The summed E-state index contributed by atoms with van der Waals surface area (Å²) in [5, 5.41) is 9.21. The zero-order valence-corrected chi connectivity index (χ0v) is 10.8. The number of carbonyl (C=O) groups excluding carboxylic acids is 1. The molecule has 1 rings (SSSR count). The summed E-state index contributed by atoms with van der Waals surface area (Å²) in [7, 11) is 1.94. The highest BCUT2D eigenvalue weighted by Crippen LogP contribution is 2.04. The molecule has 1 aromatic rings. The minimum atomic E-state index is -0.400. The number of aromatic nitrogens is 1. The van der Waals surface area contributed by atoms with E-state index in [0.717, 1.165) is 12.2 Å². The van der Waals surface area contributed by atoms with Gasteiger partial charge < -0.3 is 10.0 Å². The summed E-state index contributed by atoms with van der Waals surface area (Å²) in [6.45, 7) is 3.16. The predicted molar refractivity (Wildman–Crippen MR) is 68.5 cm³/mol. The zero-order chi connectivity index (χ0) is 13.5. The van der Waals surface area contributed by atoms with Crippen molar-refractivity contribution in [2.24, 2.45) is 5.84 Å². The number of hydrogen-bond donors (Lipinski definition) is 3. The number of nitrogen functional groups attached to an aromatic ring is 1. The van der Waals surface area contributed by atoms with Crippen molar-refractivity contribution in [2.75, 3.05) is 13.6 Å². The van der Waals surface area contributed by atoms with Gasteiger partial charge in [0.25, 0.3) is 5.91 Å². The molecule has 0 saturated carbocycles. The maximum absolute atomic E-state index is 11.3. The van der Waals surface area contributed by atoms with Gasteiger partial charge in [0.05, 0.1) is 11.8 Å². The van der Waals surface area contributed by atoms with Crippen molar-refractivity contribution in [2.45, 2.75) is 26.0 Å². The Bertz CT molecular complexity index is 395. The van der Waals surface area contributed by atoms with Crippen LogP contribution in [0.5, 0.6) is 0 Å². The highest BCUT2D eigenvalue weighted by molar-refractivity contribution is 5.91. The normalized spacial score (nSPS) is 12.5. The standard InChI is InChI=1S/C12H20N4O2/c1-9(17)6-7-16(2)8-10-4-3-5-11(14-10)12(18)15-13/h3-5,9,17H,6-8,13H2,1-2H3,(H,15,18). The molecule has 0 saturated heterocycles. The molecule has 0 aliphatic carbocycles. The third-order valence-electron chi connectivity index (χ3n) is 2.53. The number of aliphatic hydroxyl groups excluding tert-OH is 1. The van der Waals surface area contributed by atoms with Crippen molar-refractivity contribution < 1.29 is 9.90 Å². The van der Waals surface area contributed by atoms with Crippen molar-refractivity contribution in [1.29, 1.82) is 0 Å². The molecular weight excluding hydrogens is 232 g/mol. The third-order valence-corrected chi connectivity index (χ3v) is 2.53. The lowest BCUT2D eigenvalue weighted by atomic mass is 10.2. The lowest BCUT2D eigenvalue weighted by Gasteiger charge is -2.17. The fourth-order valence-electron chi connectivity index (χ4n) is 1.53. The van der Waals surface area contributed by atoms with E-state index >= 15 is 0 Å². The number of amides is 1. The molecule has 0 spiro atoms. The number of carbonyl (C=O) groups is 1. The first-order valence-corrected chi connectivity index (χ1v) is 5.86. The van der Waals surface area contributed by atoms with E-state index in [0.29, 0.717) is 18.7 Å². The van der Waals surface area contributed by atoms with Crippen LogP contribution in [-0.2, 0) is 6.54 Å². The van der Waals surface area contributed by atoms with Gasteiger partial charge in [-0.25, -0.2) is 10.8 Å². The summed E-state index contributed by atoms with van der Waals surface area (Å²) in [6, 6.07) is 5.24.